The van der Waals surface area contributed by atoms with Gasteiger partial charge in [-0.2, -0.15) is 0 Å². The summed E-state index contributed by atoms with van der Waals surface area (Å²) in [7, 11) is 0. The fourth-order valence-corrected chi connectivity index (χ4v) is 3.45. The van der Waals surface area contributed by atoms with Crippen LogP contribution in [0.4, 0.5) is 11.4 Å². The van der Waals surface area contributed by atoms with Crippen molar-refractivity contribution in [1.29, 1.82) is 0 Å². The third-order valence-electron chi connectivity index (χ3n) is 4.98. The van der Waals surface area contributed by atoms with Gasteiger partial charge in [-0.15, -0.1) is 0 Å². The summed E-state index contributed by atoms with van der Waals surface area (Å²) in [5.74, 6) is 1.17. The van der Waals surface area contributed by atoms with Crippen LogP contribution < -0.4 is 11.1 Å². The van der Waals surface area contributed by atoms with Crippen molar-refractivity contribution < 1.29 is 4.79 Å². The van der Waals surface area contributed by atoms with Crippen molar-refractivity contribution in [2.45, 2.75) is 65.2 Å². The van der Waals surface area contributed by atoms with Gasteiger partial charge in [0.15, 0.2) is 0 Å². The molecule has 1 aromatic rings. The Balaban J connectivity index is 1.84. The summed E-state index contributed by atoms with van der Waals surface area (Å²) in [4.78, 5) is 12.4. The molecule has 3 N–H and O–H groups in total. The normalized spacial score (nSPS) is 21.5. The standard InChI is InChI=1S/C19H30N2O/c1-3-5-6-14-7-9-16(10-8-14)19(22)21-17-12-11-15(4-2)18(20)13-17/h11-14,16H,3-10,20H2,1-2H3,(H,21,22). The van der Waals surface area contributed by atoms with Gasteiger partial charge >= 0.3 is 0 Å². The van der Waals surface area contributed by atoms with E-state index in [0.717, 1.165) is 42.1 Å². The first-order chi connectivity index (χ1) is 10.6. The van der Waals surface area contributed by atoms with Gasteiger partial charge in [0.2, 0.25) is 5.91 Å². The molecule has 1 aromatic carbocycles. The maximum Gasteiger partial charge on any atom is 0.227 e. The minimum atomic E-state index is 0.164. The van der Waals surface area contributed by atoms with Crippen LogP contribution >= 0.6 is 0 Å². The second-order valence-electron chi connectivity index (χ2n) is 6.62. The van der Waals surface area contributed by atoms with Gasteiger partial charge in [0.05, 0.1) is 0 Å². The topological polar surface area (TPSA) is 55.1 Å². The quantitative estimate of drug-likeness (QED) is 0.744. The molecule has 1 saturated carbocycles. The van der Waals surface area contributed by atoms with Crippen LogP contribution in [0, 0.1) is 11.8 Å². The van der Waals surface area contributed by atoms with Crippen LogP contribution in [-0.4, -0.2) is 5.91 Å². The molecule has 2 rings (SSSR count). The van der Waals surface area contributed by atoms with E-state index in [1.807, 2.05) is 18.2 Å². The molecule has 1 aliphatic carbocycles. The Morgan fingerprint density at radius 2 is 1.95 bits per heavy atom. The lowest BCUT2D eigenvalue weighted by molar-refractivity contribution is -0.121. The molecule has 22 heavy (non-hydrogen) atoms. The second-order valence-corrected chi connectivity index (χ2v) is 6.62. The summed E-state index contributed by atoms with van der Waals surface area (Å²) >= 11 is 0. The van der Waals surface area contributed by atoms with Gasteiger partial charge in [0.25, 0.3) is 0 Å². The first kappa shape index (κ1) is 16.9. The molecule has 1 amide bonds. The molecule has 1 aliphatic rings. The van der Waals surface area contributed by atoms with Crippen LogP contribution in [0.5, 0.6) is 0 Å². The zero-order chi connectivity index (χ0) is 15.9. The Kier molecular flexibility index (Phi) is 6.29. The molecule has 3 heteroatoms. The largest absolute Gasteiger partial charge is 0.398 e. The van der Waals surface area contributed by atoms with Crippen molar-refractivity contribution in [2.75, 3.05) is 11.1 Å². The molecule has 1 fully saturated rings. The number of hydrogen-bond acceptors (Lipinski definition) is 2. The number of amides is 1. The monoisotopic (exact) mass is 302 g/mol. The van der Waals surface area contributed by atoms with E-state index in [2.05, 4.69) is 19.2 Å². The summed E-state index contributed by atoms with van der Waals surface area (Å²) in [6, 6.07) is 5.84. The van der Waals surface area contributed by atoms with E-state index in [0.29, 0.717) is 0 Å². The SMILES string of the molecule is CCCCC1CCC(C(=O)Nc2ccc(CC)c(N)c2)CC1. The van der Waals surface area contributed by atoms with Crippen LogP contribution in [-0.2, 0) is 11.2 Å². The van der Waals surface area contributed by atoms with Gasteiger partial charge in [-0.1, -0.05) is 39.2 Å². The minimum absolute atomic E-state index is 0.164. The van der Waals surface area contributed by atoms with Crippen LogP contribution in [0.25, 0.3) is 0 Å². The zero-order valence-electron chi connectivity index (χ0n) is 14.0. The summed E-state index contributed by atoms with van der Waals surface area (Å²) in [6.45, 7) is 4.33. The number of nitrogens with one attached hydrogen (secondary N) is 1. The summed E-state index contributed by atoms with van der Waals surface area (Å²) < 4.78 is 0. The predicted octanol–water partition coefficient (Wildman–Crippen LogP) is 4.77. The summed E-state index contributed by atoms with van der Waals surface area (Å²) in [5, 5.41) is 3.04. The van der Waals surface area contributed by atoms with E-state index < -0.39 is 0 Å². The van der Waals surface area contributed by atoms with Gasteiger partial charge in [-0.3, -0.25) is 4.79 Å². The van der Waals surface area contributed by atoms with Crippen molar-refractivity contribution in [3.8, 4) is 0 Å². The highest BCUT2D eigenvalue weighted by atomic mass is 16.1. The average Bonchev–Trinajstić information content (AvgIpc) is 2.53. The van der Waals surface area contributed by atoms with E-state index in [1.54, 1.807) is 0 Å². The molecule has 0 aromatic heterocycles. The number of benzene rings is 1. The Labute approximate surface area is 134 Å². The van der Waals surface area contributed by atoms with E-state index >= 15 is 0 Å². The third kappa shape index (κ3) is 4.49. The number of rotatable bonds is 6. The highest BCUT2D eigenvalue weighted by Gasteiger charge is 2.26. The lowest BCUT2D eigenvalue weighted by Crippen LogP contribution is -2.27. The number of anilines is 2. The molecular formula is C19H30N2O. The van der Waals surface area contributed by atoms with E-state index in [4.69, 9.17) is 5.73 Å². The molecule has 0 saturated heterocycles. The lowest BCUT2D eigenvalue weighted by atomic mass is 9.79. The van der Waals surface area contributed by atoms with E-state index in [1.165, 1.54) is 32.1 Å². The van der Waals surface area contributed by atoms with Crippen molar-refractivity contribution in [3.05, 3.63) is 23.8 Å². The zero-order valence-corrected chi connectivity index (χ0v) is 14.0. The number of aryl methyl sites for hydroxylation is 1. The number of unbranched alkanes of at least 4 members (excludes halogenated alkanes) is 1. The summed E-state index contributed by atoms with van der Waals surface area (Å²) in [6.07, 6.45) is 9.32. The van der Waals surface area contributed by atoms with Crippen LogP contribution in [0.15, 0.2) is 18.2 Å². The highest BCUT2D eigenvalue weighted by Crippen LogP contribution is 2.32. The number of hydrogen-bond donors (Lipinski definition) is 2. The lowest BCUT2D eigenvalue weighted by Gasteiger charge is -2.27. The van der Waals surface area contributed by atoms with Crippen molar-refractivity contribution in [1.82, 2.24) is 0 Å². The third-order valence-corrected chi connectivity index (χ3v) is 4.98. The Morgan fingerprint density at radius 3 is 2.55 bits per heavy atom. The molecule has 0 atom stereocenters. The molecule has 0 aliphatic heterocycles. The van der Waals surface area contributed by atoms with Crippen LogP contribution in [0.2, 0.25) is 0 Å². The van der Waals surface area contributed by atoms with Gasteiger partial charge in [0.1, 0.15) is 0 Å². The van der Waals surface area contributed by atoms with E-state index in [9.17, 15) is 4.79 Å². The fourth-order valence-electron chi connectivity index (χ4n) is 3.45. The molecule has 0 radical (unpaired) electrons. The number of nitrogen functional groups attached to an aromatic ring is 1. The number of carbonyl (C=O) groups is 1. The maximum absolute atomic E-state index is 12.4. The van der Waals surface area contributed by atoms with Crippen molar-refractivity contribution >= 4 is 17.3 Å². The Bertz CT molecular complexity index is 490. The fraction of sp³-hybridized carbons (Fsp3) is 0.632. The second kappa shape index (κ2) is 8.21. The van der Waals surface area contributed by atoms with Gasteiger partial charge in [-0.05, 0) is 55.7 Å². The molecular weight excluding hydrogens is 272 g/mol. The minimum Gasteiger partial charge on any atom is -0.398 e. The number of carbonyl (C=O) groups excluding carboxylic acids is 1. The smallest absolute Gasteiger partial charge is 0.227 e. The maximum atomic E-state index is 12.4. The summed E-state index contributed by atoms with van der Waals surface area (Å²) in [5.41, 5.74) is 8.73. The first-order valence-corrected chi connectivity index (χ1v) is 8.83. The Morgan fingerprint density at radius 1 is 1.23 bits per heavy atom. The van der Waals surface area contributed by atoms with E-state index in [-0.39, 0.29) is 11.8 Å². The molecule has 122 valence electrons. The van der Waals surface area contributed by atoms with Crippen molar-refractivity contribution in [2.24, 2.45) is 11.8 Å². The van der Waals surface area contributed by atoms with Crippen LogP contribution in [0.3, 0.4) is 0 Å². The van der Waals surface area contributed by atoms with Gasteiger partial charge in [-0.25, -0.2) is 0 Å². The van der Waals surface area contributed by atoms with Gasteiger partial charge < -0.3 is 11.1 Å². The molecule has 3 nitrogen and oxygen atoms in total. The first-order valence-electron chi connectivity index (χ1n) is 8.83. The Hall–Kier alpha value is -1.51. The highest BCUT2D eigenvalue weighted by molar-refractivity contribution is 5.93. The molecule has 0 unspecified atom stereocenters. The predicted molar refractivity (Wildman–Crippen MR) is 93.8 cm³/mol. The van der Waals surface area contributed by atoms with Crippen molar-refractivity contribution in [3.63, 3.8) is 0 Å². The number of nitrogens with two attached hydrogens (primary N) is 1. The average molecular weight is 302 g/mol. The van der Waals surface area contributed by atoms with Crippen LogP contribution in [0.1, 0.15) is 64.4 Å². The van der Waals surface area contributed by atoms with Gasteiger partial charge in [0, 0.05) is 17.3 Å². The molecule has 0 bridgehead atoms. The molecule has 0 spiro atoms. The molecule has 0 heterocycles.